The fourth-order valence-corrected chi connectivity index (χ4v) is 2.72. The fourth-order valence-electron chi connectivity index (χ4n) is 2.41. The van der Waals surface area contributed by atoms with Crippen LogP contribution in [0.3, 0.4) is 0 Å². The van der Waals surface area contributed by atoms with E-state index in [9.17, 15) is 0 Å². The predicted molar refractivity (Wildman–Crippen MR) is 99.6 cm³/mol. The molecule has 0 fully saturated rings. The molecule has 1 aromatic carbocycles. The van der Waals surface area contributed by atoms with Crippen molar-refractivity contribution >= 4 is 17.7 Å². The summed E-state index contributed by atoms with van der Waals surface area (Å²) in [7, 11) is 1.79. The van der Waals surface area contributed by atoms with E-state index in [-0.39, 0.29) is 0 Å². The summed E-state index contributed by atoms with van der Waals surface area (Å²) in [5.41, 5.74) is 4.45. The normalized spacial score (nSPS) is 11.6. The van der Waals surface area contributed by atoms with Gasteiger partial charge in [-0.15, -0.1) is 0 Å². The maximum atomic E-state index is 4.59. The van der Waals surface area contributed by atoms with Crippen molar-refractivity contribution in [3.8, 4) is 5.69 Å². The molecule has 5 nitrogen and oxygen atoms in total. The summed E-state index contributed by atoms with van der Waals surface area (Å²) < 4.78 is 2.00. The highest BCUT2D eigenvalue weighted by Crippen LogP contribution is 2.16. The van der Waals surface area contributed by atoms with Crippen molar-refractivity contribution in [2.24, 2.45) is 4.99 Å². The van der Waals surface area contributed by atoms with Crippen molar-refractivity contribution in [2.45, 2.75) is 20.4 Å². The molecular weight excluding hydrogens is 306 g/mol. The van der Waals surface area contributed by atoms with Gasteiger partial charge in [0.25, 0.3) is 0 Å². The number of hydrogen-bond acceptors (Lipinski definition) is 3. The lowest BCUT2D eigenvalue weighted by Crippen LogP contribution is -2.38. The molecule has 2 aromatic rings. The molecule has 0 saturated heterocycles. The van der Waals surface area contributed by atoms with Crippen molar-refractivity contribution in [1.29, 1.82) is 0 Å². The van der Waals surface area contributed by atoms with Crippen molar-refractivity contribution in [3.63, 3.8) is 0 Å². The molecule has 124 valence electrons. The van der Waals surface area contributed by atoms with Crippen LogP contribution in [0.15, 0.2) is 35.3 Å². The summed E-state index contributed by atoms with van der Waals surface area (Å²) >= 11 is 1.82. The van der Waals surface area contributed by atoms with Gasteiger partial charge in [-0.1, -0.05) is 18.2 Å². The predicted octanol–water partition coefficient (Wildman–Crippen LogP) is 2.52. The number of aliphatic imine (C=N–C) groups is 1. The Balaban J connectivity index is 2.10. The summed E-state index contributed by atoms with van der Waals surface area (Å²) in [4.78, 5) is 4.26. The van der Waals surface area contributed by atoms with Gasteiger partial charge in [0.05, 0.1) is 11.4 Å². The van der Waals surface area contributed by atoms with E-state index in [0.717, 1.165) is 35.3 Å². The molecule has 23 heavy (non-hydrogen) atoms. The van der Waals surface area contributed by atoms with E-state index in [0.29, 0.717) is 6.54 Å². The summed E-state index contributed by atoms with van der Waals surface area (Å²) in [6.07, 6.45) is 2.10. The van der Waals surface area contributed by atoms with Crippen molar-refractivity contribution in [2.75, 3.05) is 25.6 Å². The molecule has 0 aliphatic heterocycles. The zero-order valence-corrected chi connectivity index (χ0v) is 15.1. The minimum absolute atomic E-state index is 0.702. The summed E-state index contributed by atoms with van der Waals surface area (Å²) in [6.45, 7) is 5.70. The van der Waals surface area contributed by atoms with Crippen LogP contribution in [0, 0.1) is 13.8 Å². The highest BCUT2D eigenvalue weighted by Gasteiger charge is 2.09. The number of guanidine groups is 1. The van der Waals surface area contributed by atoms with Crippen molar-refractivity contribution in [3.05, 3.63) is 47.3 Å². The zero-order chi connectivity index (χ0) is 16.7. The average molecular weight is 331 g/mol. The van der Waals surface area contributed by atoms with Gasteiger partial charge in [0.15, 0.2) is 5.96 Å². The molecule has 0 atom stereocenters. The van der Waals surface area contributed by atoms with Gasteiger partial charge in [0.2, 0.25) is 0 Å². The van der Waals surface area contributed by atoms with Crippen LogP contribution in [0.5, 0.6) is 0 Å². The molecule has 2 rings (SSSR count). The molecule has 0 amide bonds. The van der Waals surface area contributed by atoms with Crippen LogP contribution in [-0.4, -0.2) is 41.3 Å². The SMILES string of the molecule is CN=C(NCCSC)NCc1ccccc1-n1nc(C)cc1C. The number of para-hydroxylation sites is 1. The first kappa shape index (κ1) is 17.4. The third kappa shape index (κ3) is 4.76. The Bertz CT molecular complexity index is 663. The molecular formula is C17H25N5S. The summed E-state index contributed by atoms with van der Waals surface area (Å²) in [6, 6.07) is 10.4. The quantitative estimate of drug-likeness (QED) is 0.485. The topological polar surface area (TPSA) is 54.2 Å². The fraction of sp³-hybridized carbons (Fsp3) is 0.412. The Morgan fingerprint density at radius 3 is 2.70 bits per heavy atom. The number of nitrogens with one attached hydrogen (secondary N) is 2. The average Bonchev–Trinajstić information content (AvgIpc) is 2.89. The van der Waals surface area contributed by atoms with Crippen LogP contribution >= 0.6 is 11.8 Å². The lowest BCUT2D eigenvalue weighted by atomic mass is 10.1. The van der Waals surface area contributed by atoms with E-state index in [1.54, 1.807) is 7.05 Å². The molecule has 1 aromatic heterocycles. The van der Waals surface area contributed by atoms with Gasteiger partial charge in [-0.25, -0.2) is 4.68 Å². The highest BCUT2D eigenvalue weighted by atomic mass is 32.2. The number of benzene rings is 1. The number of thioether (sulfide) groups is 1. The maximum absolute atomic E-state index is 4.59. The third-order valence-corrected chi connectivity index (χ3v) is 4.11. The Hall–Kier alpha value is -1.95. The Morgan fingerprint density at radius 1 is 1.26 bits per heavy atom. The van der Waals surface area contributed by atoms with Crippen LogP contribution in [0.4, 0.5) is 0 Å². The van der Waals surface area contributed by atoms with Crippen LogP contribution in [-0.2, 0) is 6.54 Å². The van der Waals surface area contributed by atoms with E-state index in [1.165, 1.54) is 5.56 Å². The summed E-state index contributed by atoms with van der Waals surface area (Å²) in [5, 5.41) is 11.3. The van der Waals surface area contributed by atoms with E-state index in [1.807, 2.05) is 29.4 Å². The molecule has 1 heterocycles. The van der Waals surface area contributed by atoms with Gasteiger partial charge in [0, 0.05) is 31.6 Å². The van der Waals surface area contributed by atoms with Crippen LogP contribution < -0.4 is 10.6 Å². The standard InChI is InChI=1S/C17H25N5S/c1-13-11-14(2)22(21-13)16-8-6-5-7-15(16)12-20-17(18-3)19-9-10-23-4/h5-8,11H,9-10,12H2,1-4H3,(H2,18,19,20). The van der Waals surface area contributed by atoms with E-state index in [4.69, 9.17) is 0 Å². The van der Waals surface area contributed by atoms with E-state index >= 15 is 0 Å². The molecule has 0 unspecified atom stereocenters. The van der Waals surface area contributed by atoms with Crippen molar-refractivity contribution in [1.82, 2.24) is 20.4 Å². The Labute approximate surface area is 142 Å². The monoisotopic (exact) mass is 331 g/mol. The first-order valence-electron chi connectivity index (χ1n) is 7.70. The number of hydrogen-bond donors (Lipinski definition) is 2. The van der Waals surface area contributed by atoms with Crippen molar-refractivity contribution < 1.29 is 0 Å². The Kier molecular flexibility index (Phi) is 6.52. The molecule has 0 aliphatic carbocycles. The lowest BCUT2D eigenvalue weighted by Gasteiger charge is -2.14. The van der Waals surface area contributed by atoms with E-state index in [2.05, 4.69) is 58.2 Å². The van der Waals surface area contributed by atoms with E-state index < -0.39 is 0 Å². The maximum Gasteiger partial charge on any atom is 0.191 e. The molecule has 0 bridgehead atoms. The first-order valence-corrected chi connectivity index (χ1v) is 9.10. The second-order valence-electron chi connectivity index (χ2n) is 5.31. The molecule has 0 aliphatic rings. The molecule has 0 saturated carbocycles. The van der Waals surface area contributed by atoms with Gasteiger partial charge >= 0.3 is 0 Å². The summed E-state index contributed by atoms with van der Waals surface area (Å²) in [5.74, 6) is 1.88. The second kappa shape index (κ2) is 8.62. The molecule has 2 N–H and O–H groups in total. The minimum Gasteiger partial charge on any atom is -0.356 e. The number of nitrogens with zero attached hydrogens (tertiary/aromatic N) is 3. The van der Waals surface area contributed by atoms with Gasteiger partial charge in [0.1, 0.15) is 0 Å². The second-order valence-corrected chi connectivity index (χ2v) is 6.30. The minimum atomic E-state index is 0.702. The van der Waals surface area contributed by atoms with Crippen LogP contribution in [0.25, 0.3) is 5.69 Å². The van der Waals surface area contributed by atoms with Crippen LogP contribution in [0.2, 0.25) is 0 Å². The zero-order valence-electron chi connectivity index (χ0n) is 14.3. The largest absolute Gasteiger partial charge is 0.356 e. The highest BCUT2D eigenvalue weighted by molar-refractivity contribution is 7.98. The van der Waals surface area contributed by atoms with Gasteiger partial charge in [-0.3, -0.25) is 4.99 Å². The molecule has 0 radical (unpaired) electrons. The van der Waals surface area contributed by atoms with Crippen LogP contribution in [0.1, 0.15) is 17.0 Å². The molecule has 6 heteroatoms. The first-order chi connectivity index (χ1) is 11.2. The van der Waals surface area contributed by atoms with Gasteiger partial charge in [-0.05, 0) is 37.8 Å². The third-order valence-electron chi connectivity index (χ3n) is 3.50. The lowest BCUT2D eigenvalue weighted by molar-refractivity contribution is 0.789. The number of aryl methyl sites for hydroxylation is 2. The number of rotatable bonds is 6. The Morgan fingerprint density at radius 2 is 2.04 bits per heavy atom. The molecule has 0 spiro atoms. The number of aromatic nitrogens is 2. The van der Waals surface area contributed by atoms with Gasteiger partial charge < -0.3 is 10.6 Å². The smallest absolute Gasteiger partial charge is 0.191 e. The van der Waals surface area contributed by atoms with Gasteiger partial charge in [-0.2, -0.15) is 16.9 Å².